The van der Waals surface area contributed by atoms with Gasteiger partial charge in [-0.1, -0.05) is 6.92 Å². The number of imidazole rings is 1. The van der Waals surface area contributed by atoms with Crippen LogP contribution < -0.4 is 10.6 Å². The highest BCUT2D eigenvalue weighted by Crippen LogP contribution is 2.19. The van der Waals surface area contributed by atoms with Crippen molar-refractivity contribution in [3.05, 3.63) is 24.0 Å². The van der Waals surface area contributed by atoms with E-state index < -0.39 is 6.10 Å². The smallest absolute Gasteiger partial charge is 0.243 e. The summed E-state index contributed by atoms with van der Waals surface area (Å²) >= 11 is 0. The standard InChI is InChI=1S/C14H18N4O3/c1-3-12(20)15-7-13(21)16-9-4-5-10-11(6-9)18-14(17-10)8(2)19/h4-6,8,19H,3,7H2,1-2H3,(H,15,20)(H,16,21)(H,17,18). The molecule has 1 unspecified atom stereocenters. The zero-order chi connectivity index (χ0) is 15.4. The predicted molar refractivity (Wildman–Crippen MR) is 78.7 cm³/mol. The Morgan fingerprint density at radius 3 is 2.81 bits per heavy atom. The Morgan fingerprint density at radius 1 is 1.38 bits per heavy atom. The van der Waals surface area contributed by atoms with E-state index in [0.29, 0.717) is 23.4 Å². The molecule has 0 saturated carbocycles. The van der Waals surface area contributed by atoms with Gasteiger partial charge in [-0.3, -0.25) is 9.59 Å². The third-order valence-electron chi connectivity index (χ3n) is 2.95. The fraction of sp³-hybridized carbons (Fsp3) is 0.357. The Balaban J connectivity index is 2.05. The largest absolute Gasteiger partial charge is 0.385 e. The normalized spacial score (nSPS) is 12.1. The van der Waals surface area contributed by atoms with Gasteiger partial charge < -0.3 is 20.7 Å². The molecule has 112 valence electrons. The maximum atomic E-state index is 11.7. The molecule has 1 atom stereocenters. The van der Waals surface area contributed by atoms with Crippen LogP contribution in [0.4, 0.5) is 5.69 Å². The summed E-state index contributed by atoms with van der Waals surface area (Å²) in [6, 6.07) is 5.19. The van der Waals surface area contributed by atoms with Gasteiger partial charge in [0.15, 0.2) is 0 Å². The molecule has 1 aromatic carbocycles. The lowest BCUT2D eigenvalue weighted by Crippen LogP contribution is -2.32. The number of rotatable bonds is 5. The number of nitrogens with one attached hydrogen (secondary N) is 3. The molecule has 0 aliphatic carbocycles. The molecule has 0 fully saturated rings. The molecule has 0 aliphatic heterocycles. The van der Waals surface area contributed by atoms with Crippen LogP contribution in [0, 0.1) is 0 Å². The summed E-state index contributed by atoms with van der Waals surface area (Å²) in [5.74, 6) is 0.00541. The lowest BCUT2D eigenvalue weighted by Gasteiger charge is -2.06. The molecule has 21 heavy (non-hydrogen) atoms. The van der Waals surface area contributed by atoms with Gasteiger partial charge in [-0.15, -0.1) is 0 Å². The first-order valence-corrected chi connectivity index (χ1v) is 6.74. The van der Waals surface area contributed by atoms with Crippen LogP contribution in [0.15, 0.2) is 18.2 Å². The molecular formula is C14H18N4O3. The van der Waals surface area contributed by atoms with Gasteiger partial charge in [0.1, 0.15) is 11.9 Å². The maximum absolute atomic E-state index is 11.7. The van der Waals surface area contributed by atoms with E-state index in [1.807, 2.05) is 0 Å². The number of carbonyl (C=O) groups is 2. The minimum absolute atomic E-state index is 0.0629. The monoisotopic (exact) mass is 290 g/mol. The predicted octanol–water partition coefficient (Wildman–Crippen LogP) is 1.08. The number of carbonyl (C=O) groups excluding carboxylic acids is 2. The molecule has 0 aliphatic rings. The van der Waals surface area contributed by atoms with E-state index >= 15 is 0 Å². The van der Waals surface area contributed by atoms with Crippen molar-refractivity contribution in [1.29, 1.82) is 0 Å². The van der Waals surface area contributed by atoms with E-state index in [4.69, 9.17) is 0 Å². The third kappa shape index (κ3) is 3.79. The van der Waals surface area contributed by atoms with Crippen LogP contribution in [0.5, 0.6) is 0 Å². The van der Waals surface area contributed by atoms with Crippen molar-refractivity contribution < 1.29 is 14.7 Å². The average Bonchev–Trinajstić information content (AvgIpc) is 2.88. The minimum atomic E-state index is -0.681. The van der Waals surface area contributed by atoms with Crippen molar-refractivity contribution in [1.82, 2.24) is 15.3 Å². The Hall–Kier alpha value is -2.41. The van der Waals surface area contributed by atoms with Gasteiger partial charge in [-0.05, 0) is 25.1 Å². The van der Waals surface area contributed by atoms with Crippen molar-refractivity contribution in [2.24, 2.45) is 0 Å². The molecule has 2 amide bonds. The number of hydrogen-bond donors (Lipinski definition) is 4. The maximum Gasteiger partial charge on any atom is 0.243 e. The van der Waals surface area contributed by atoms with Crippen molar-refractivity contribution in [3.8, 4) is 0 Å². The molecule has 2 aromatic rings. The molecule has 0 bridgehead atoms. The van der Waals surface area contributed by atoms with E-state index in [0.717, 1.165) is 5.52 Å². The summed E-state index contributed by atoms with van der Waals surface area (Å²) in [5.41, 5.74) is 2.03. The van der Waals surface area contributed by atoms with Gasteiger partial charge in [0.25, 0.3) is 0 Å². The quantitative estimate of drug-likeness (QED) is 0.661. The molecule has 4 N–H and O–H groups in total. The number of amides is 2. The zero-order valence-electron chi connectivity index (χ0n) is 11.9. The van der Waals surface area contributed by atoms with Gasteiger partial charge >= 0.3 is 0 Å². The van der Waals surface area contributed by atoms with Gasteiger partial charge in [0.2, 0.25) is 11.8 Å². The second-order valence-electron chi connectivity index (χ2n) is 4.71. The summed E-state index contributed by atoms with van der Waals surface area (Å²) in [7, 11) is 0. The number of aromatic amines is 1. The van der Waals surface area contributed by atoms with Gasteiger partial charge in [0, 0.05) is 12.1 Å². The molecule has 0 radical (unpaired) electrons. The average molecular weight is 290 g/mol. The van der Waals surface area contributed by atoms with Crippen LogP contribution in [0.2, 0.25) is 0 Å². The SMILES string of the molecule is CCC(=O)NCC(=O)Nc1ccc2nc(C(C)O)[nH]c2c1. The molecule has 0 spiro atoms. The van der Waals surface area contributed by atoms with E-state index in [9.17, 15) is 14.7 Å². The van der Waals surface area contributed by atoms with E-state index in [2.05, 4.69) is 20.6 Å². The zero-order valence-corrected chi connectivity index (χ0v) is 11.9. The topological polar surface area (TPSA) is 107 Å². The van der Waals surface area contributed by atoms with Gasteiger partial charge in [-0.25, -0.2) is 4.98 Å². The number of hydrogen-bond acceptors (Lipinski definition) is 4. The molecule has 0 saturated heterocycles. The molecule has 1 aromatic heterocycles. The number of aromatic nitrogens is 2. The summed E-state index contributed by atoms with van der Waals surface area (Å²) in [6.07, 6.45) is -0.338. The molecular weight excluding hydrogens is 272 g/mol. The van der Waals surface area contributed by atoms with Crippen LogP contribution in [-0.2, 0) is 9.59 Å². The van der Waals surface area contributed by atoms with Crippen LogP contribution in [0.25, 0.3) is 11.0 Å². The summed E-state index contributed by atoms with van der Waals surface area (Å²) in [6.45, 7) is 3.28. The highest BCUT2D eigenvalue weighted by Gasteiger charge is 2.09. The molecule has 7 nitrogen and oxygen atoms in total. The van der Waals surface area contributed by atoms with E-state index in [1.165, 1.54) is 0 Å². The van der Waals surface area contributed by atoms with Crippen LogP contribution in [-0.4, -0.2) is 33.4 Å². The Kier molecular flexibility index (Phi) is 4.54. The number of anilines is 1. The fourth-order valence-corrected chi connectivity index (χ4v) is 1.81. The van der Waals surface area contributed by atoms with E-state index in [1.54, 1.807) is 32.0 Å². The molecule has 1 heterocycles. The second-order valence-corrected chi connectivity index (χ2v) is 4.71. The highest BCUT2D eigenvalue weighted by molar-refractivity contribution is 5.96. The third-order valence-corrected chi connectivity index (χ3v) is 2.95. The molecule has 2 rings (SSSR count). The number of H-pyrrole nitrogens is 1. The fourth-order valence-electron chi connectivity index (χ4n) is 1.81. The number of aliphatic hydroxyl groups excluding tert-OH is 1. The number of fused-ring (bicyclic) bond motifs is 1. The van der Waals surface area contributed by atoms with Crippen LogP contribution in [0.3, 0.4) is 0 Å². The second kappa shape index (κ2) is 6.36. The summed E-state index contributed by atoms with van der Waals surface area (Å²) in [5, 5.41) is 14.7. The lowest BCUT2D eigenvalue weighted by molar-refractivity contribution is -0.123. The minimum Gasteiger partial charge on any atom is -0.385 e. The van der Waals surface area contributed by atoms with Crippen LogP contribution in [0.1, 0.15) is 32.2 Å². The summed E-state index contributed by atoms with van der Waals surface area (Å²) in [4.78, 5) is 30.0. The number of aliphatic hydroxyl groups is 1. The van der Waals surface area contributed by atoms with E-state index in [-0.39, 0.29) is 18.4 Å². The van der Waals surface area contributed by atoms with Crippen molar-refractivity contribution in [2.75, 3.05) is 11.9 Å². The summed E-state index contributed by atoms with van der Waals surface area (Å²) < 4.78 is 0. The first kappa shape index (κ1) is 15.0. The first-order chi connectivity index (χ1) is 9.99. The Labute approximate surface area is 121 Å². The highest BCUT2D eigenvalue weighted by atomic mass is 16.3. The number of nitrogens with zero attached hydrogens (tertiary/aromatic N) is 1. The van der Waals surface area contributed by atoms with Gasteiger partial charge in [0.05, 0.1) is 17.6 Å². The Bertz CT molecular complexity index is 663. The lowest BCUT2D eigenvalue weighted by atomic mass is 10.2. The first-order valence-electron chi connectivity index (χ1n) is 6.74. The molecule has 7 heteroatoms. The number of benzene rings is 1. The van der Waals surface area contributed by atoms with Crippen molar-refractivity contribution in [3.63, 3.8) is 0 Å². The van der Waals surface area contributed by atoms with Crippen molar-refractivity contribution in [2.45, 2.75) is 26.4 Å². The van der Waals surface area contributed by atoms with Crippen LogP contribution >= 0.6 is 0 Å². The van der Waals surface area contributed by atoms with Crippen molar-refractivity contribution >= 4 is 28.5 Å². The Morgan fingerprint density at radius 2 is 2.14 bits per heavy atom. The van der Waals surface area contributed by atoms with Gasteiger partial charge in [-0.2, -0.15) is 0 Å².